The van der Waals surface area contributed by atoms with Crippen molar-refractivity contribution in [2.24, 2.45) is 0 Å². The first-order valence-corrected chi connectivity index (χ1v) is 5.85. The molecule has 1 aliphatic heterocycles. The molecule has 2 heteroatoms. The van der Waals surface area contributed by atoms with E-state index in [0.29, 0.717) is 6.10 Å². The van der Waals surface area contributed by atoms with Gasteiger partial charge in [-0.2, -0.15) is 0 Å². The highest BCUT2D eigenvalue weighted by Gasteiger charge is 2.16. The normalized spacial score (nSPS) is 20.5. The zero-order valence-corrected chi connectivity index (χ0v) is 9.33. The fraction of sp³-hybridized carbons (Fsp3) is 0.538. The number of para-hydroxylation sites is 1. The molecular weight excluding hydrogens is 186 g/mol. The van der Waals surface area contributed by atoms with E-state index in [9.17, 15) is 0 Å². The van der Waals surface area contributed by atoms with Crippen molar-refractivity contribution in [1.29, 1.82) is 0 Å². The van der Waals surface area contributed by atoms with E-state index in [1.54, 1.807) is 0 Å². The molecule has 1 saturated heterocycles. The molecule has 0 saturated carbocycles. The van der Waals surface area contributed by atoms with Gasteiger partial charge in [0.15, 0.2) is 0 Å². The van der Waals surface area contributed by atoms with Crippen molar-refractivity contribution in [2.75, 3.05) is 13.1 Å². The van der Waals surface area contributed by atoms with Crippen LogP contribution in [-0.2, 0) is 6.42 Å². The molecule has 1 N–H and O–H groups in total. The first-order chi connectivity index (χ1) is 7.40. The van der Waals surface area contributed by atoms with Crippen LogP contribution in [0.4, 0.5) is 0 Å². The highest BCUT2D eigenvalue weighted by atomic mass is 16.5. The fourth-order valence-electron chi connectivity index (χ4n) is 2.00. The van der Waals surface area contributed by atoms with Crippen molar-refractivity contribution in [3.05, 3.63) is 29.8 Å². The number of ether oxygens (including phenoxy) is 1. The van der Waals surface area contributed by atoms with Crippen LogP contribution in [0.15, 0.2) is 24.3 Å². The summed E-state index contributed by atoms with van der Waals surface area (Å²) in [5.74, 6) is 1.08. The predicted octanol–water partition coefficient (Wildman–Crippen LogP) is 2.38. The second-order valence-corrected chi connectivity index (χ2v) is 4.09. The Morgan fingerprint density at radius 2 is 2.27 bits per heavy atom. The van der Waals surface area contributed by atoms with Gasteiger partial charge in [0.1, 0.15) is 11.9 Å². The van der Waals surface area contributed by atoms with Gasteiger partial charge in [0.25, 0.3) is 0 Å². The van der Waals surface area contributed by atoms with Crippen LogP contribution in [0.25, 0.3) is 0 Å². The van der Waals surface area contributed by atoms with Crippen LogP contribution in [0.1, 0.15) is 25.3 Å². The van der Waals surface area contributed by atoms with Gasteiger partial charge >= 0.3 is 0 Å². The first-order valence-electron chi connectivity index (χ1n) is 5.85. The van der Waals surface area contributed by atoms with Crippen molar-refractivity contribution < 1.29 is 4.74 Å². The molecule has 0 bridgehead atoms. The molecule has 15 heavy (non-hydrogen) atoms. The molecule has 0 aromatic heterocycles. The third kappa shape index (κ3) is 2.72. The number of aryl methyl sites for hydroxylation is 1. The lowest BCUT2D eigenvalue weighted by molar-refractivity contribution is 0.221. The molecule has 2 rings (SSSR count). The van der Waals surface area contributed by atoms with Crippen LogP contribution in [-0.4, -0.2) is 19.2 Å². The van der Waals surface area contributed by atoms with Gasteiger partial charge in [0.2, 0.25) is 0 Å². The van der Waals surface area contributed by atoms with E-state index in [4.69, 9.17) is 4.74 Å². The monoisotopic (exact) mass is 205 g/mol. The van der Waals surface area contributed by atoms with E-state index in [-0.39, 0.29) is 0 Å². The fourth-order valence-corrected chi connectivity index (χ4v) is 2.00. The Morgan fingerprint density at radius 3 is 3.00 bits per heavy atom. The summed E-state index contributed by atoms with van der Waals surface area (Å²) >= 11 is 0. The smallest absolute Gasteiger partial charge is 0.122 e. The highest BCUT2D eigenvalue weighted by molar-refractivity contribution is 5.33. The van der Waals surface area contributed by atoms with Gasteiger partial charge in [-0.3, -0.25) is 0 Å². The van der Waals surface area contributed by atoms with Crippen molar-refractivity contribution in [3.8, 4) is 5.75 Å². The van der Waals surface area contributed by atoms with Crippen molar-refractivity contribution >= 4 is 0 Å². The molecular formula is C13H19NO. The Labute approximate surface area is 91.6 Å². The van der Waals surface area contributed by atoms with Crippen LogP contribution in [0.5, 0.6) is 5.75 Å². The zero-order valence-electron chi connectivity index (χ0n) is 9.33. The quantitative estimate of drug-likeness (QED) is 0.815. The van der Waals surface area contributed by atoms with Crippen LogP contribution >= 0.6 is 0 Å². The Bertz CT molecular complexity index is 305. The van der Waals surface area contributed by atoms with Crippen LogP contribution in [0.3, 0.4) is 0 Å². The molecule has 2 nitrogen and oxygen atoms in total. The summed E-state index contributed by atoms with van der Waals surface area (Å²) in [6, 6.07) is 8.39. The molecule has 1 atom stereocenters. The number of nitrogens with one attached hydrogen (secondary N) is 1. The SMILES string of the molecule is CCCc1ccccc1OC1CCNC1. The molecule has 0 spiro atoms. The number of hydrogen-bond acceptors (Lipinski definition) is 2. The number of hydrogen-bond donors (Lipinski definition) is 1. The lowest BCUT2D eigenvalue weighted by Gasteiger charge is -2.15. The lowest BCUT2D eigenvalue weighted by atomic mass is 10.1. The molecule has 0 amide bonds. The van der Waals surface area contributed by atoms with Gasteiger partial charge in [-0.25, -0.2) is 0 Å². The Kier molecular flexibility index (Phi) is 3.62. The minimum atomic E-state index is 0.364. The molecule has 1 aromatic carbocycles. The summed E-state index contributed by atoms with van der Waals surface area (Å²) in [4.78, 5) is 0. The third-order valence-corrected chi connectivity index (χ3v) is 2.80. The average Bonchev–Trinajstić information content (AvgIpc) is 2.74. The third-order valence-electron chi connectivity index (χ3n) is 2.80. The van der Waals surface area contributed by atoms with Crippen LogP contribution in [0, 0.1) is 0 Å². The van der Waals surface area contributed by atoms with Gasteiger partial charge < -0.3 is 10.1 Å². The molecule has 1 aliphatic rings. The van der Waals surface area contributed by atoms with E-state index < -0.39 is 0 Å². The van der Waals surface area contributed by atoms with Gasteiger partial charge in [-0.15, -0.1) is 0 Å². The summed E-state index contributed by atoms with van der Waals surface area (Å²) < 4.78 is 6.00. The lowest BCUT2D eigenvalue weighted by Crippen LogP contribution is -2.20. The summed E-state index contributed by atoms with van der Waals surface area (Å²) in [7, 11) is 0. The Morgan fingerprint density at radius 1 is 1.40 bits per heavy atom. The summed E-state index contributed by atoms with van der Waals surface area (Å²) in [5.41, 5.74) is 1.34. The molecule has 1 aromatic rings. The van der Waals surface area contributed by atoms with Crippen LogP contribution < -0.4 is 10.1 Å². The topological polar surface area (TPSA) is 21.3 Å². The van der Waals surface area contributed by atoms with E-state index >= 15 is 0 Å². The standard InChI is InChI=1S/C13H19NO/c1-2-5-11-6-3-4-7-13(11)15-12-8-9-14-10-12/h3-4,6-7,12,14H,2,5,8-10H2,1H3. The maximum absolute atomic E-state index is 6.00. The minimum Gasteiger partial charge on any atom is -0.489 e. The average molecular weight is 205 g/mol. The van der Waals surface area contributed by atoms with E-state index in [2.05, 4.69) is 36.5 Å². The summed E-state index contributed by atoms with van der Waals surface area (Å²) in [6.45, 7) is 4.27. The van der Waals surface area contributed by atoms with Gasteiger partial charge in [-0.05, 0) is 31.0 Å². The molecule has 1 fully saturated rings. The predicted molar refractivity (Wildman–Crippen MR) is 62.3 cm³/mol. The number of rotatable bonds is 4. The first kappa shape index (κ1) is 10.5. The molecule has 0 radical (unpaired) electrons. The van der Waals surface area contributed by atoms with Crippen molar-refractivity contribution in [3.63, 3.8) is 0 Å². The molecule has 1 unspecified atom stereocenters. The zero-order chi connectivity index (χ0) is 10.5. The maximum Gasteiger partial charge on any atom is 0.122 e. The summed E-state index contributed by atoms with van der Waals surface area (Å²) in [5, 5.41) is 3.32. The highest BCUT2D eigenvalue weighted by Crippen LogP contribution is 2.22. The van der Waals surface area contributed by atoms with Gasteiger partial charge in [0.05, 0.1) is 0 Å². The van der Waals surface area contributed by atoms with Crippen molar-refractivity contribution in [1.82, 2.24) is 5.32 Å². The van der Waals surface area contributed by atoms with E-state index in [1.807, 2.05) is 0 Å². The van der Waals surface area contributed by atoms with E-state index in [0.717, 1.165) is 31.7 Å². The second-order valence-electron chi connectivity index (χ2n) is 4.09. The van der Waals surface area contributed by atoms with Gasteiger partial charge in [-0.1, -0.05) is 31.5 Å². The van der Waals surface area contributed by atoms with Crippen molar-refractivity contribution in [2.45, 2.75) is 32.3 Å². The summed E-state index contributed by atoms with van der Waals surface area (Å²) in [6.07, 6.45) is 3.77. The Balaban J connectivity index is 2.05. The largest absolute Gasteiger partial charge is 0.489 e. The van der Waals surface area contributed by atoms with Gasteiger partial charge in [0, 0.05) is 6.54 Å². The molecule has 82 valence electrons. The maximum atomic E-state index is 6.00. The molecule has 0 aliphatic carbocycles. The van der Waals surface area contributed by atoms with Crippen LogP contribution in [0.2, 0.25) is 0 Å². The van der Waals surface area contributed by atoms with E-state index in [1.165, 1.54) is 12.0 Å². The minimum absolute atomic E-state index is 0.364. The molecule has 1 heterocycles. The Hall–Kier alpha value is -1.02. The number of benzene rings is 1. The second kappa shape index (κ2) is 5.17.